The highest BCUT2D eigenvalue weighted by atomic mass is 32.2. The van der Waals surface area contributed by atoms with E-state index in [1.165, 1.54) is 39.5 Å². The molecule has 3 heterocycles. The number of piperazine rings is 1. The van der Waals surface area contributed by atoms with Crippen molar-refractivity contribution in [2.24, 2.45) is 0 Å². The second-order valence-electron chi connectivity index (χ2n) is 21.6. The number of carbonyl (C=O) groups is 5. The molecule has 0 spiro atoms. The summed E-state index contributed by atoms with van der Waals surface area (Å²) in [6.07, 6.45) is 0.785. The number of aryl methyl sites for hydroxylation is 2. The average Bonchev–Trinajstić information content (AvgIpc) is 0.765. The van der Waals surface area contributed by atoms with Gasteiger partial charge in [-0.05, 0) is 63.1 Å². The van der Waals surface area contributed by atoms with Crippen LogP contribution in [0.3, 0.4) is 0 Å². The van der Waals surface area contributed by atoms with Crippen molar-refractivity contribution >= 4 is 97.8 Å². The lowest BCUT2D eigenvalue weighted by atomic mass is 9.93. The predicted molar refractivity (Wildman–Crippen MR) is 336 cm³/mol. The minimum atomic E-state index is -4.89. The molecule has 0 aliphatic carbocycles. The Hall–Kier alpha value is -6.93. The highest BCUT2D eigenvalue weighted by molar-refractivity contribution is 7.89. The molecule has 0 bridgehead atoms. The molecule has 1 fully saturated rings. The van der Waals surface area contributed by atoms with Crippen molar-refractivity contribution in [1.82, 2.24) is 18.4 Å². The lowest BCUT2D eigenvalue weighted by Gasteiger charge is -2.35. The Kier molecular flexibility index (Phi) is 25.4. The van der Waals surface area contributed by atoms with Gasteiger partial charge in [-0.3, -0.25) is 33.4 Å². The first-order valence-electron chi connectivity index (χ1n) is 30.2. The molecule has 8 rings (SSSR count). The van der Waals surface area contributed by atoms with Crippen LogP contribution in [0, 0.1) is 6.92 Å². The summed E-state index contributed by atoms with van der Waals surface area (Å²) in [5, 5.41) is 0.981. The van der Waals surface area contributed by atoms with Gasteiger partial charge in [-0.1, -0.05) is 54.1 Å². The summed E-state index contributed by atoms with van der Waals surface area (Å²) >= 11 is 0. The van der Waals surface area contributed by atoms with Gasteiger partial charge in [-0.15, -0.1) is 0 Å². The number of hydrogen-bond donors (Lipinski definition) is 2. The molecule has 5 aromatic carbocycles. The van der Waals surface area contributed by atoms with Crippen LogP contribution in [-0.2, 0) is 79.5 Å². The normalized spacial score (nSPS) is 14.1. The van der Waals surface area contributed by atoms with Gasteiger partial charge in [0.1, 0.15) is 17.2 Å². The van der Waals surface area contributed by atoms with Crippen LogP contribution >= 0.6 is 0 Å². The number of ether oxygens (including phenoxy) is 7. The number of fused-ring (bicyclic) bond motifs is 2. The first-order valence-corrected chi connectivity index (χ1v) is 34.7. The molecule has 1 saturated heterocycles. The minimum absolute atomic E-state index is 0.00189. The molecular formula is C63H79N6O19S3+. The van der Waals surface area contributed by atoms with Crippen molar-refractivity contribution in [1.29, 1.82) is 0 Å². The van der Waals surface area contributed by atoms with Gasteiger partial charge >= 0.3 is 0 Å². The zero-order chi connectivity index (χ0) is 65.1. The molecule has 0 saturated carbocycles. The van der Waals surface area contributed by atoms with Crippen LogP contribution in [0.2, 0.25) is 0 Å². The van der Waals surface area contributed by atoms with Gasteiger partial charge < -0.3 is 43.8 Å². The van der Waals surface area contributed by atoms with E-state index in [9.17, 15) is 49.0 Å². The number of nitrogens with zero attached hydrogens (tertiary/aromatic N) is 5. The number of rotatable bonds is 38. The number of Topliss-reactive ketones (excluding diaryl/α,β-unsaturated/α-hetero) is 1. The second-order valence-corrected chi connectivity index (χ2v) is 26.9. The van der Waals surface area contributed by atoms with Gasteiger partial charge in [0.05, 0.1) is 118 Å². The molecular weight excluding hydrogens is 1240 g/mol. The summed E-state index contributed by atoms with van der Waals surface area (Å²) in [6, 6.07) is 25.2. The van der Waals surface area contributed by atoms with E-state index < -0.39 is 65.2 Å². The molecule has 2 aliphatic rings. The third kappa shape index (κ3) is 18.0. The molecule has 4 amide bonds. The van der Waals surface area contributed by atoms with Crippen molar-refractivity contribution in [3.05, 3.63) is 119 Å². The maximum Gasteiger partial charge on any atom is 0.296 e. The zero-order valence-corrected chi connectivity index (χ0v) is 53.6. The molecule has 25 nitrogen and oxygen atoms in total. The Morgan fingerprint density at radius 2 is 1.11 bits per heavy atom. The molecule has 2 aliphatic heterocycles. The van der Waals surface area contributed by atoms with Crippen LogP contribution in [0.1, 0.15) is 75.7 Å². The Morgan fingerprint density at radius 1 is 0.604 bits per heavy atom. The number of amides is 4. The standard InChI is InChI=1S/C63H78N6O19S3/c1-3-82-31-32-84-35-36-86-39-40-88-42-41-87-38-37-85-34-33-83-30-10-13-47(70)12-9-25-69(90(77,78)48-22-20-46(2)21-23-48)63(74)59-49-14-4-6-18-54(49)67(55-19-7-5-15-50(55)59)24-11-43-89(75,76)66-28-26-65(27-29-66)57(71)45-68-61(72)52-17-8-16-51-58(52)53(62(68)73)44-56(60(51)64)91(79,80)81/h4-8,14-23,44H,3,9-13,24-43,45H2,1-2H3,(H2-,64,72,73,79,80,81)/p+1. The summed E-state index contributed by atoms with van der Waals surface area (Å²) in [7, 11) is -13.3. The number of nitrogen functional groups attached to an aromatic ring is 1. The van der Waals surface area contributed by atoms with Crippen LogP contribution in [0.15, 0.2) is 107 Å². The van der Waals surface area contributed by atoms with Crippen molar-refractivity contribution in [2.45, 2.75) is 62.3 Å². The smallest absolute Gasteiger partial charge is 0.296 e. The topological polar surface area (TPSA) is 315 Å². The van der Waals surface area contributed by atoms with Crippen molar-refractivity contribution in [3.8, 4) is 0 Å². The lowest BCUT2D eigenvalue weighted by Crippen LogP contribution is -2.54. The third-order valence-corrected chi connectivity index (χ3v) is 20.1. The van der Waals surface area contributed by atoms with Gasteiger partial charge in [0.15, 0.2) is 6.54 Å². The number of ketones is 1. The van der Waals surface area contributed by atoms with E-state index >= 15 is 4.79 Å². The molecule has 6 aromatic rings. The SMILES string of the molecule is CCOCCOCCOCCOCCOCCOCCOCCCC(=O)CCCN(C(=O)c1c2ccccc2[n+](CCCS(=O)(=O)N2CCN(C(=O)CN3C(=O)c4cccc5c(N)c(S(=O)(=O)O)cc(c45)C3=O)CC2)c2ccccc12)S(=O)(=O)c1ccc(C)cc1. The number of imide groups is 1. The van der Waals surface area contributed by atoms with Crippen LogP contribution in [0.25, 0.3) is 32.6 Å². The highest BCUT2D eigenvalue weighted by Crippen LogP contribution is 2.37. The van der Waals surface area contributed by atoms with Gasteiger partial charge in [-0.2, -0.15) is 17.3 Å². The van der Waals surface area contributed by atoms with Gasteiger partial charge in [0.25, 0.3) is 37.9 Å². The van der Waals surface area contributed by atoms with Crippen molar-refractivity contribution in [2.75, 3.05) is 143 Å². The fourth-order valence-corrected chi connectivity index (χ4v) is 14.4. The van der Waals surface area contributed by atoms with Gasteiger partial charge in [-0.25, -0.2) is 21.1 Å². The minimum Gasteiger partial charge on any atom is -0.397 e. The summed E-state index contributed by atoms with van der Waals surface area (Å²) in [6.45, 7) is 8.85. The maximum atomic E-state index is 15.2. The van der Waals surface area contributed by atoms with E-state index in [2.05, 4.69) is 0 Å². The highest BCUT2D eigenvalue weighted by Gasteiger charge is 2.39. The molecule has 28 heteroatoms. The Labute approximate surface area is 530 Å². The summed E-state index contributed by atoms with van der Waals surface area (Å²) in [4.78, 5) is 70.7. The number of hydrogen-bond acceptors (Lipinski definition) is 19. The lowest BCUT2D eigenvalue weighted by molar-refractivity contribution is -0.645. The number of aromatic nitrogens is 1. The van der Waals surface area contributed by atoms with Crippen LogP contribution in [-0.4, -0.2) is 215 Å². The largest absolute Gasteiger partial charge is 0.397 e. The predicted octanol–water partition coefficient (Wildman–Crippen LogP) is 4.83. The molecule has 3 N–H and O–H groups in total. The van der Waals surface area contributed by atoms with E-state index in [1.807, 2.05) is 18.4 Å². The fourth-order valence-electron chi connectivity index (χ4n) is 10.8. The number of pyridine rings is 1. The first kappa shape index (κ1) is 69.9. The maximum absolute atomic E-state index is 15.2. The third-order valence-electron chi connectivity index (χ3n) is 15.4. The van der Waals surface area contributed by atoms with Crippen molar-refractivity contribution < 1.29 is 91.5 Å². The van der Waals surface area contributed by atoms with Crippen LogP contribution in [0.4, 0.5) is 5.69 Å². The number of nitrogens with two attached hydrogens (primary N) is 1. The van der Waals surface area contributed by atoms with E-state index in [0.717, 1.165) is 15.9 Å². The zero-order valence-electron chi connectivity index (χ0n) is 51.2. The monoisotopic (exact) mass is 1320 g/mol. The van der Waals surface area contributed by atoms with E-state index in [4.69, 9.17) is 38.9 Å². The van der Waals surface area contributed by atoms with E-state index in [0.29, 0.717) is 126 Å². The van der Waals surface area contributed by atoms with E-state index in [1.54, 1.807) is 60.7 Å². The quantitative estimate of drug-likeness (QED) is 0.0131. The molecule has 492 valence electrons. The molecule has 1 aromatic heterocycles. The fraction of sp³-hybridized carbons (Fsp3) is 0.460. The van der Waals surface area contributed by atoms with Crippen LogP contribution < -0.4 is 10.3 Å². The summed E-state index contributed by atoms with van der Waals surface area (Å²) < 4.78 is 134. The summed E-state index contributed by atoms with van der Waals surface area (Å²) in [5.41, 5.74) is 7.44. The number of anilines is 1. The first-order chi connectivity index (χ1) is 43.7. The molecule has 0 radical (unpaired) electrons. The second kappa shape index (κ2) is 33.1. The number of benzene rings is 5. The van der Waals surface area contributed by atoms with Gasteiger partial charge in [0, 0.05) is 93.7 Å². The van der Waals surface area contributed by atoms with Crippen LogP contribution in [0.5, 0.6) is 0 Å². The Morgan fingerprint density at radius 3 is 1.66 bits per heavy atom. The number of sulfonamides is 2. The van der Waals surface area contributed by atoms with Crippen molar-refractivity contribution in [3.63, 3.8) is 0 Å². The molecule has 0 unspecified atom stereocenters. The summed E-state index contributed by atoms with van der Waals surface area (Å²) in [5.74, 6) is -3.67. The Bertz CT molecular complexity index is 3850. The number of para-hydroxylation sites is 2. The van der Waals surface area contributed by atoms with Gasteiger partial charge in [0.2, 0.25) is 27.0 Å². The molecule has 91 heavy (non-hydrogen) atoms. The average molecular weight is 1320 g/mol. The molecule has 0 atom stereocenters. The Balaban J connectivity index is 0.820. The number of carbonyl (C=O) groups excluding carboxylic acids is 5. The van der Waals surface area contributed by atoms with E-state index in [-0.39, 0.29) is 115 Å².